The summed E-state index contributed by atoms with van der Waals surface area (Å²) in [7, 11) is 0. The first kappa shape index (κ1) is 16.0. The van der Waals surface area contributed by atoms with E-state index in [1.165, 1.54) is 0 Å². The summed E-state index contributed by atoms with van der Waals surface area (Å²) < 4.78 is 2.12. The average molecular weight is 335 g/mol. The maximum atomic E-state index is 12.0. The molecule has 1 aromatic heterocycles. The standard InChI is InChI=1S/C16H25N5O3/c22-10-14-18-19-16(21(14)13-2-3-13)11-8-12(9-11)17-15(23)4-6-20-5-1-7-24-20/h11-13,22H,1-10H2,(H,17,23). The van der Waals surface area contributed by atoms with Crippen LogP contribution in [-0.4, -0.2) is 56.6 Å². The van der Waals surface area contributed by atoms with Gasteiger partial charge in [-0.1, -0.05) is 0 Å². The lowest BCUT2D eigenvalue weighted by molar-refractivity contribution is -0.131. The number of aliphatic hydroxyl groups excluding tert-OH is 1. The molecule has 0 spiro atoms. The fourth-order valence-electron chi connectivity index (χ4n) is 3.60. The van der Waals surface area contributed by atoms with Gasteiger partial charge < -0.3 is 15.0 Å². The minimum absolute atomic E-state index is 0.0606. The van der Waals surface area contributed by atoms with Crippen molar-refractivity contribution in [3.05, 3.63) is 11.6 Å². The molecule has 0 bridgehead atoms. The Balaban J connectivity index is 1.24. The van der Waals surface area contributed by atoms with Gasteiger partial charge in [0.05, 0.1) is 6.61 Å². The molecule has 0 aromatic carbocycles. The molecule has 1 aliphatic heterocycles. The topological polar surface area (TPSA) is 92.5 Å². The van der Waals surface area contributed by atoms with Crippen molar-refractivity contribution >= 4 is 5.91 Å². The van der Waals surface area contributed by atoms with Crippen molar-refractivity contribution in [2.75, 3.05) is 19.7 Å². The number of aliphatic hydroxyl groups is 1. The first-order valence-corrected chi connectivity index (χ1v) is 8.96. The van der Waals surface area contributed by atoms with Crippen molar-refractivity contribution in [1.82, 2.24) is 25.1 Å². The number of nitrogens with one attached hydrogen (secondary N) is 1. The summed E-state index contributed by atoms with van der Waals surface area (Å²) in [6, 6.07) is 0.690. The highest BCUT2D eigenvalue weighted by molar-refractivity contribution is 5.76. The summed E-state index contributed by atoms with van der Waals surface area (Å²) in [5.41, 5.74) is 0. The summed E-state index contributed by atoms with van der Waals surface area (Å²) in [4.78, 5) is 17.4. The van der Waals surface area contributed by atoms with Crippen molar-refractivity contribution in [1.29, 1.82) is 0 Å². The van der Waals surface area contributed by atoms with E-state index in [2.05, 4.69) is 20.1 Å². The van der Waals surface area contributed by atoms with Gasteiger partial charge >= 0.3 is 0 Å². The Kier molecular flexibility index (Phi) is 4.51. The lowest BCUT2D eigenvalue weighted by Crippen LogP contribution is -2.44. The monoisotopic (exact) mass is 335 g/mol. The van der Waals surface area contributed by atoms with Gasteiger partial charge in [0.15, 0.2) is 5.82 Å². The summed E-state index contributed by atoms with van der Waals surface area (Å²) in [6.45, 7) is 2.29. The van der Waals surface area contributed by atoms with Gasteiger partial charge in [0.1, 0.15) is 12.4 Å². The molecule has 0 atom stereocenters. The second kappa shape index (κ2) is 6.78. The second-order valence-corrected chi connectivity index (χ2v) is 7.03. The molecule has 0 radical (unpaired) electrons. The van der Waals surface area contributed by atoms with E-state index in [0.29, 0.717) is 30.7 Å². The molecule has 3 fully saturated rings. The Hall–Kier alpha value is -1.51. The zero-order chi connectivity index (χ0) is 16.5. The number of aromatic nitrogens is 3. The van der Waals surface area contributed by atoms with Gasteiger partial charge in [-0.15, -0.1) is 10.2 Å². The Morgan fingerprint density at radius 2 is 2.17 bits per heavy atom. The Morgan fingerprint density at radius 1 is 1.33 bits per heavy atom. The van der Waals surface area contributed by atoms with Gasteiger partial charge in [-0.25, -0.2) is 0 Å². The number of carbonyl (C=O) groups is 1. The number of hydroxylamine groups is 2. The molecule has 0 unspecified atom stereocenters. The third kappa shape index (κ3) is 3.31. The minimum Gasteiger partial charge on any atom is -0.388 e. The summed E-state index contributed by atoms with van der Waals surface area (Å²) in [5, 5.41) is 22.8. The van der Waals surface area contributed by atoms with Crippen molar-refractivity contribution < 1.29 is 14.7 Å². The fourth-order valence-corrected chi connectivity index (χ4v) is 3.60. The van der Waals surface area contributed by atoms with Crippen molar-refractivity contribution in [3.8, 4) is 0 Å². The van der Waals surface area contributed by atoms with Gasteiger partial charge in [-0.2, -0.15) is 5.06 Å². The molecule has 2 heterocycles. The lowest BCUT2D eigenvalue weighted by atomic mass is 9.79. The van der Waals surface area contributed by atoms with Crippen LogP contribution in [0.4, 0.5) is 0 Å². The van der Waals surface area contributed by atoms with Crippen LogP contribution in [0.25, 0.3) is 0 Å². The van der Waals surface area contributed by atoms with E-state index in [1.54, 1.807) is 0 Å². The predicted molar refractivity (Wildman–Crippen MR) is 84.9 cm³/mol. The summed E-state index contributed by atoms with van der Waals surface area (Å²) >= 11 is 0. The van der Waals surface area contributed by atoms with Gasteiger partial charge in [0.2, 0.25) is 5.91 Å². The van der Waals surface area contributed by atoms with Crippen LogP contribution in [0.1, 0.15) is 62.1 Å². The van der Waals surface area contributed by atoms with E-state index in [0.717, 1.165) is 51.1 Å². The number of rotatable bonds is 7. The number of nitrogens with zero attached hydrogens (tertiary/aromatic N) is 4. The van der Waals surface area contributed by atoms with Gasteiger partial charge in [-0.3, -0.25) is 9.63 Å². The number of hydrogen-bond acceptors (Lipinski definition) is 6. The van der Waals surface area contributed by atoms with Crippen LogP contribution < -0.4 is 5.32 Å². The van der Waals surface area contributed by atoms with E-state index in [1.807, 2.05) is 5.06 Å². The third-order valence-electron chi connectivity index (χ3n) is 5.13. The summed E-state index contributed by atoms with van der Waals surface area (Å²) in [5.74, 6) is 2.09. The largest absolute Gasteiger partial charge is 0.388 e. The van der Waals surface area contributed by atoms with E-state index in [-0.39, 0.29) is 18.6 Å². The molecule has 2 saturated carbocycles. The molecule has 1 aromatic rings. The molecule has 1 saturated heterocycles. The maximum Gasteiger partial charge on any atom is 0.221 e. The Morgan fingerprint density at radius 3 is 2.83 bits per heavy atom. The maximum absolute atomic E-state index is 12.0. The van der Waals surface area contributed by atoms with Crippen LogP contribution in [-0.2, 0) is 16.2 Å². The average Bonchev–Trinajstić information content (AvgIpc) is 3.09. The molecule has 8 heteroatoms. The predicted octanol–water partition coefficient (Wildman–Crippen LogP) is 0.495. The highest BCUT2D eigenvalue weighted by Crippen LogP contribution is 2.42. The molecule has 24 heavy (non-hydrogen) atoms. The molecule has 1 amide bonds. The van der Waals surface area contributed by atoms with E-state index >= 15 is 0 Å². The lowest BCUT2D eigenvalue weighted by Gasteiger charge is -2.35. The van der Waals surface area contributed by atoms with Gasteiger partial charge in [0, 0.05) is 37.5 Å². The van der Waals surface area contributed by atoms with Crippen LogP contribution in [0.15, 0.2) is 0 Å². The molecule has 2 aliphatic carbocycles. The van der Waals surface area contributed by atoms with Crippen molar-refractivity contribution in [2.45, 2.75) is 63.1 Å². The highest BCUT2D eigenvalue weighted by Gasteiger charge is 2.38. The molecule has 4 rings (SSSR count). The van der Waals surface area contributed by atoms with Crippen molar-refractivity contribution in [3.63, 3.8) is 0 Å². The molecule has 2 N–H and O–H groups in total. The molecule has 3 aliphatic rings. The first-order valence-electron chi connectivity index (χ1n) is 8.96. The van der Waals surface area contributed by atoms with Crippen LogP contribution in [0.3, 0.4) is 0 Å². The SMILES string of the molecule is O=C(CCN1CCCO1)NC1CC(c2nnc(CO)n2C2CC2)C1. The fraction of sp³-hybridized carbons (Fsp3) is 0.812. The van der Waals surface area contributed by atoms with Crippen LogP contribution in [0, 0.1) is 0 Å². The van der Waals surface area contributed by atoms with E-state index in [4.69, 9.17) is 4.84 Å². The van der Waals surface area contributed by atoms with E-state index in [9.17, 15) is 9.90 Å². The van der Waals surface area contributed by atoms with Crippen molar-refractivity contribution in [2.24, 2.45) is 0 Å². The molecule has 8 nitrogen and oxygen atoms in total. The van der Waals surface area contributed by atoms with Crippen LogP contribution in [0.2, 0.25) is 0 Å². The summed E-state index contributed by atoms with van der Waals surface area (Å²) in [6.07, 6.45) is 5.62. The minimum atomic E-state index is -0.0606. The number of amides is 1. The normalized spacial score (nSPS) is 27.2. The third-order valence-corrected chi connectivity index (χ3v) is 5.13. The Labute approximate surface area is 141 Å². The second-order valence-electron chi connectivity index (χ2n) is 7.03. The zero-order valence-corrected chi connectivity index (χ0v) is 13.9. The first-order chi connectivity index (χ1) is 11.7. The highest BCUT2D eigenvalue weighted by atomic mass is 16.7. The number of carbonyl (C=O) groups excluding carboxylic acids is 1. The van der Waals surface area contributed by atoms with E-state index < -0.39 is 0 Å². The molecule has 132 valence electrons. The quantitative estimate of drug-likeness (QED) is 0.754. The zero-order valence-electron chi connectivity index (χ0n) is 13.9. The van der Waals surface area contributed by atoms with Gasteiger partial charge in [-0.05, 0) is 32.1 Å². The van der Waals surface area contributed by atoms with Crippen LogP contribution >= 0.6 is 0 Å². The van der Waals surface area contributed by atoms with Crippen LogP contribution in [0.5, 0.6) is 0 Å². The molecular formula is C16H25N5O3. The Bertz CT molecular complexity index is 589. The molecular weight excluding hydrogens is 310 g/mol. The number of hydrogen-bond donors (Lipinski definition) is 2. The smallest absolute Gasteiger partial charge is 0.221 e. The van der Waals surface area contributed by atoms with Gasteiger partial charge in [0.25, 0.3) is 0 Å².